The third-order valence-corrected chi connectivity index (χ3v) is 14.1. The maximum atomic E-state index is 12.5. The summed E-state index contributed by atoms with van der Waals surface area (Å²) in [5, 5.41) is 21.0. The molecule has 0 rings (SSSR count). The standard InChI is InChI=1S/2C31H60O4.Zn/c2*1-3-5-7-9-11-12-13-15-20-24-28-31(34)35-29(25-21-17-14-10-8-6-4-2)26-22-18-16-19-23-27-30(32)33;/h2*29H,3-28H2,1-2H3,(H,32,33);/q;;+2/p-2. The van der Waals surface area contributed by atoms with E-state index in [4.69, 9.17) is 9.47 Å². The van der Waals surface area contributed by atoms with Crippen molar-refractivity contribution in [1.82, 2.24) is 0 Å². The van der Waals surface area contributed by atoms with Gasteiger partial charge in [-0.1, -0.05) is 259 Å². The van der Waals surface area contributed by atoms with Crippen molar-refractivity contribution in [2.45, 2.75) is 374 Å². The number of rotatable bonds is 56. The minimum Gasteiger partial charge on any atom is -0.550 e. The van der Waals surface area contributed by atoms with Crippen molar-refractivity contribution in [2.24, 2.45) is 0 Å². The summed E-state index contributed by atoms with van der Waals surface area (Å²) in [6, 6.07) is 0. The Hall–Kier alpha value is -1.50. The molecule has 0 bridgehead atoms. The molecule has 0 radical (unpaired) electrons. The summed E-state index contributed by atoms with van der Waals surface area (Å²) in [5.74, 6) is -1.92. The van der Waals surface area contributed by atoms with Crippen LogP contribution in [0.25, 0.3) is 0 Å². The Kier molecular flexibility index (Phi) is 65.2. The van der Waals surface area contributed by atoms with E-state index in [1.807, 2.05) is 0 Å². The Morgan fingerprint density at radius 3 is 0.634 bits per heavy atom. The second kappa shape index (κ2) is 62.8. The fourth-order valence-corrected chi connectivity index (χ4v) is 9.53. The van der Waals surface area contributed by atoms with Gasteiger partial charge < -0.3 is 29.3 Å². The number of unbranched alkanes of at least 4 members (excludes halogenated alkanes) is 38. The maximum absolute atomic E-state index is 12.5. The first kappa shape index (κ1) is 73.7. The predicted octanol–water partition coefficient (Wildman–Crippen LogP) is 17.7. The number of ether oxygens (including phenoxy) is 2. The first-order valence-corrected chi connectivity index (χ1v) is 31.0. The molecule has 416 valence electrons. The van der Waals surface area contributed by atoms with Gasteiger partial charge in [-0.25, -0.2) is 0 Å². The van der Waals surface area contributed by atoms with E-state index in [0.29, 0.717) is 25.7 Å². The van der Waals surface area contributed by atoms with Crippen LogP contribution in [0.2, 0.25) is 0 Å². The summed E-state index contributed by atoms with van der Waals surface area (Å²) in [7, 11) is 0. The number of carboxylic acids is 2. The van der Waals surface area contributed by atoms with Gasteiger partial charge in [0.25, 0.3) is 0 Å². The molecule has 0 N–H and O–H groups in total. The number of esters is 2. The van der Waals surface area contributed by atoms with Gasteiger partial charge in [-0.2, -0.15) is 0 Å². The smallest absolute Gasteiger partial charge is 0.550 e. The average Bonchev–Trinajstić information content (AvgIpc) is 3.33. The Morgan fingerprint density at radius 2 is 0.437 bits per heavy atom. The van der Waals surface area contributed by atoms with Crippen LogP contribution < -0.4 is 10.2 Å². The van der Waals surface area contributed by atoms with Crippen LogP contribution in [0, 0.1) is 0 Å². The molecule has 2 atom stereocenters. The first-order chi connectivity index (χ1) is 34.2. The Balaban J connectivity index is -0.00000128. The van der Waals surface area contributed by atoms with Crippen LogP contribution in [0.4, 0.5) is 0 Å². The molecule has 0 aliphatic carbocycles. The third-order valence-electron chi connectivity index (χ3n) is 14.1. The van der Waals surface area contributed by atoms with Crippen LogP contribution in [-0.2, 0) is 48.1 Å². The SMILES string of the molecule is CCCCCCCCCCCCC(=O)OC(CCCCCCCCC)CCCCCCCC(=O)[O-].CCCCCCCCCCCCC(=O)OC(CCCCCCCCC)CCCCCCCC(=O)[O-].[Zn+2]. The zero-order valence-electron chi connectivity index (χ0n) is 47.9. The minimum atomic E-state index is -0.950. The van der Waals surface area contributed by atoms with Crippen molar-refractivity contribution >= 4 is 23.9 Å². The fraction of sp³-hybridized carbons (Fsp3) is 0.935. The summed E-state index contributed by atoms with van der Waals surface area (Å²) < 4.78 is 11.8. The van der Waals surface area contributed by atoms with Crippen LogP contribution in [-0.4, -0.2) is 36.1 Å². The normalized spacial score (nSPS) is 11.9. The molecule has 0 aromatic rings. The second-order valence-corrected chi connectivity index (χ2v) is 21.3. The number of carbonyl (C=O) groups is 4. The van der Waals surface area contributed by atoms with E-state index in [1.54, 1.807) is 0 Å². The van der Waals surface area contributed by atoms with Crippen LogP contribution in [0.15, 0.2) is 0 Å². The molecule has 0 aliphatic rings. The van der Waals surface area contributed by atoms with Crippen molar-refractivity contribution in [1.29, 1.82) is 0 Å². The van der Waals surface area contributed by atoms with E-state index in [0.717, 1.165) is 116 Å². The molecule has 9 heteroatoms. The van der Waals surface area contributed by atoms with E-state index < -0.39 is 11.9 Å². The topological polar surface area (TPSA) is 133 Å². The molecular formula is C62H118O8Zn. The van der Waals surface area contributed by atoms with E-state index in [-0.39, 0.29) is 56.5 Å². The second-order valence-electron chi connectivity index (χ2n) is 21.3. The van der Waals surface area contributed by atoms with E-state index in [1.165, 1.54) is 180 Å². The van der Waals surface area contributed by atoms with Crippen LogP contribution in [0.3, 0.4) is 0 Å². The summed E-state index contributed by atoms with van der Waals surface area (Å²) in [4.78, 5) is 45.9. The summed E-state index contributed by atoms with van der Waals surface area (Å²) >= 11 is 0. The van der Waals surface area contributed by atoms with Crippen molar-refractivity contribution in [3.05, 3.63) is 0 Å². The van der Waals surface area contributed by atoms with Gasteiger partial charge in [0.15, 0.2) is 0 Å². The minimum absolute atomic E-state index is 0. The van der Waals surface area contributed by atoms with E-state index in [2.05, 4.69) is 27.7 Å². The molecule has 0 aromatic carbocycles. The van der Waals surface area contributed by atoms with Crippen molar-refractivity contribution in [3.8, 4) is 0 Å². The largest absolute Gasteiger partial charge is 2.00 e. The molecule has 0 aliphatic heterocycles. The van der Waals surface area contributed by atoms with Gasteiger partial charge in [0.2, 0.25) is 0 Å². The average molecular weight is 1060 g/mol. The van der Waals surface area contributed by atoms with Crippen LogP contribution in [0.1, 0.15) is 362 Å². The van der Waals surface area contributed by atoms with Gasteiger partial charge >= 0.3 is 31.4 Å². The number of carboxylic acid groups (broad SMARTS) is 2. The van der Waals surface area contributed by atoms with E-state index in [9.17, 15) is 29.4 Å². The van der Waals surface area contributed by atoms with Gasteiger partial charge in [0, 0.05) is 24.8 Å². The Labute approximate surface area is 453 Å². The molecule has 2 unspecified atom stereocenters. The monoisotopic (exact) mass is 1050 g/mol. The first-order valence-electron chi connectivity index (χ1n) is 31.0. The number of carbonyl (C=O) groups excluding carboxylic acids is 4. The van der Waals surface area contributed by atoms with Gasteiger partial charge in [0.1, 0.15) is 12.2 Å². The molecule has 0 amide bonds. The number of hydrogen-bond acceptors (Lipinski definition) is 8. The summed E-state index contributed by atoms with van der Waals surface area (Å²) in [6.07, 6.45) is 58.5. The molecule has 71 heavy (non-hydrogen) atoms. The van der Waals surface area contributed by atoms with E-state index >= 15 is 0 Å². The van der Waals surface area contributed by atoms with Crippen LogP contribution in [0.5, 0.6) is 0 Å². The van der Waals surface area contributed by atoms with Crippen molar-refractivity contribution < 1.29 is 58.3 Å². The molecule has 0 fully saturated rings. The summed E-state index contributed by atoms with van der Waals surface area (Å²) in [6.45, 7) is 9.01. The Morgan fingerprint density at radius 1 is 0.268 bits per heavy atom. The quantitative estimate of drug-likeness (QED) is 0.0334. The van der Waals surface area contributed by atoms with Gasteiger partial charge in [-0.3, -0.25) is 9.59 Å². The van der Waals surface area contributed by atoms with Crippen molar-refractivity contribution in [3.63, 3.8) is 0 Å². The molecule has 0 heterocycles. The maximum Gasteiger partial charge on any atom is 2.00 e. The number of hydrogen-bond donors (Lipinski definition) is 0. The summed E-state index contributed by atoms with van der Waals surface area (Å²) in [5.41, 5.74) is 0. The fourth-order valence-electron chi connectivity index (χ4n) is 9.53. The predicted molar refractivity (Wildman–Crippen MR) is 293 cm³/mol. The number of aliphatic carboxylic acids is 2. The molecule has 0 saturated carbocycles. The molecule has 0 saturated heterocycles. The zero-order valence-corrected chi connectivity index (χ0v) is 50.9. The zero-order chi connectivity index (χ0) is 51.6. The van der Waals surface area contributed by atoms with Crippen LogP contribution >= 0.6 is 0 Å². The van der Waals surface area contributed by atoms with Gasteiger partial charge in [0.05, 0.1) is 0 Å². The van der Waals surface area contributed by atoms with Gasteiger partial charge in [-0.15, -0.1) is 0 Å². The molecule has 0 spiro atoms. The third kappa shape index (κ3) is 64.6. The van der Waals surface area contributed by atoms with Crippen molar-refractivity contribution in [2.75, 3.05) is 0 Å². The molecular weight excluding hydrogens is 938 g/mol. The molecule has 8 nitrogen and oxygen atoms in total. The van der Waals surface area contributed by atoms with Gasteiger partial charge in [-0.05, 0) is 89.9 Å². The Bertz CT molecular complexity index is 1020. The molecule has 0 aromatic heterocycles.